The molecular formula is C15H18N2O4S. The van der Waals surface area contributed by atoms with Crippen molar-refractivity contribution in [1.82, 2.24) is 10.2 Å². The molecule has 0 spiro atoms. The molecule has 1 aromatic carbocycles. The van der Waals surface area contributed by atoms with E-state index >= 15 is 0 Å². The minimum absolute atomic E-state index is 0.0676. The van der Waals surface area contributed by atoms with Gasteiger partial charge in [0.05, 0.1) is 12.9 Å². The number of carbonyl (C=O) groups excluding carboxylic acids is 3. The van der Waals surface area contributed by atoms with Crippen molar-refractivity contribution in [3.05, 3.63) is 35.4 Å². The molecule has 0 bridgehead atoms. The Morgan fingerprint density at radius 3 is 2.82 bits per heavy atom. The molecular weight excluding hydrogens is 304 g/mol. The summed E-state index contributed by atoms with van der Waals surface area (Å²) in [5.41, 5.74) is 2.11. The molecule has 2 rings (SSSR count). The summed E-state index contributed by atoms with van der Waals surface area (Å²) in [4.78, 5) is 36.5. The molecule has 22 heavy (non-hydrogen) atoms. The van der Waals surface area contributed by atoms with Crippen LogP contribution in [0.15, 0.2) is 24.3 Å². The Bertz CT molecular complexity index is 591. The van der Waals surface area contributed by atoms with Crippen molar-refractivity contribution in [3.63, 3.8) is 0 Å². The first-order chi connectivity index (χ1) is 10.5. The number of carbonyl (C=O) groups is 3. The van der Waals surface area contributed by atoms with Crippen LogP contribution in [-0.2, 0) is 19.1 Å². The van der Waals surface area contributed by atoms with Crippen LogP contribution in [0.1, 0.15) is 16.5 Å². The minimum Gasteiger partial charge on any atom is -0.468 e. The first kappa shape index (κ1) is 16.4. The van der Waals surface area contributed by atoms with Crippen LogP contribution in [-0.4, -0.2) is 48.6 Å². The van der Waals surface area contributed by atoms with Gasteiger partial charge in [-0.05, 0) is 18.1 Å². The molecule has 0 aliphatic carbocycles. The van der Waals surface area contributed by atoms with Crippen molar-refractivity contribution in [2.45, 2.75) is 12.3 Å². The SMILES string of the molecule is COC(=O)CNC(=O)CN1C(=O)CSC1c1ccccc1C. The number of nitrogens with zero attached hydrogens (tertiary/aromatic N) is 1. The van der Waals surface area contributed by atoms with Gasteiger partial charge in [0.15, 0.2) is 0 Å². The lowest BCUT2D eigenvalue weighted by Gasteiger charge is -2.24. The third-order valence-corrected chi connectivity index (χ3v) is 4.63. The monoisotopic (exact) mass is 322 g/mol. The Hall–Kier alpha value is -2.02. The molecule has 1 heterocycles. The molecule has 1 atom stereocenters. The maximum absolute atomic E-state index is 12.0. The standard InChI is InChI=1S/C15H18N2O4S/c1-10-5-3-4-6-11(10)15-17(13(19)9-22-15)8-12(18)16-7-14(20)21-2/h3-6,15H,7-9H2,1-2H3,(H,16,18). The number of benzene rings is 1. The van der Waals surface area contributed by atoms with E-state index in [-0.39, 0.29) is 30.3 Å². The second kappa shape index (κ2) is 7.31. The van der Waals surface area contributed by atoms with E-state index in [4.69, 9.17) is 0 Å². The van der Waals surface area contributed by atoms with Gasteiger partial charge in [-0.15, -0.1) is 11.8 Å². The Kier molecular flexibility index (Phi) is 5.43. The van der Waals surface area contributed by atoms with Crippen molar-refractivity contribution in [2.75, 3.05) is 26.0 Å². The van der Waals surface area contributed by atoms with Gasteiger partial charge in [-0.1, -0.05) is 24.3 Å². The molecule has 118 valence electrons. The van der Waals surface area contributed by atoms with E-state index in [2.05, 4.69) is 10.1 Å². The Balaban J connectivity index is 2.04. The number of aryl methyl sites for hydroxylation is 1. The van der Waals surface area contributed by atoms with Crippen molar-refractivity contribution in [1.29, 1.82) is 0 Å². The predicted molar refractivity (Wildman–Crippen MR) is 83.1 cm³/mol. The fourth-order valence-corrected chi connectivity index (χ4v) is 3.48. The molecule has 1 saturated heterocycles. The predicted octanol–water partition coefficient (Wildman–Crippen LogP) is 0.858. The van der Waals surface area contributed by atoms with E-state index in [1.807, 2.05) is 31.2 Å². The second-order valence-electron chi connectivity index (χ2n) is 4.89. The molecule has 0 saturated carbocycles. The number of methoxy groups -OCH3 is 1. The van der Waals surface area contributed by atoms with Crippen LogP contribution >= 0.6 is 11.8 Å². The fraction of sp³-hybridized carbons (Fsp3) is 0.400. The number of nitrogens with one attached hydrogen (secondary N) is 1. The summed E-state index contributed by atoms with van der Waals surface area (Å²) >= 11 is 1.50. The number of amides is 2. The van der Waals surface area contributed by atoms with Crippen LogP contribution in [0.5, 0.6) is 0 Å². The third-order valence-electron chi connectivity index (χ3n) is 3.39. The first-order valence-corrected chi connectivity index (χ1v) is 7.88. The summed E-state index contributed by atoms with van der Waals surface area (Å²) in [5, 5.41) is 2.28. The molecule has 1 unspecified atom stereocenters. The van der Waals surface area contributed by atoms with Gasteiger partial charge in [0.25, 0.3) is 0 Å². The van der Waals surface area contributed by atoms with Crippen LogP contribution in [0.3, 0.4) is 0 Å². The maximum atomic E-state index is 12.0. The zero-order valence-corrected chi connectivity index (χ0v) is 13.3. The summed E-state index contributed by atoms with van der Waals surface area (Å²) in [6.07, 6.45) is 0. The van der Waals surface area contributed by atoms with Gasteiger partial charge in [-0.25, -0.2) is 0 Å². The van der Waals surface area contributed by atoms with Gasteiger partial charge in [-0.3, -0.25) is 14.4 Å². The van der Waals surface area contributed by atoms with E-state index in [9.17, 15) is 14.4 Å². The van der Waals surface area contributed by atoms with Crippen molar-refractivity contribution >= 4 is 29.5 Å². The molecule has 0 aromatic heterocycles. The van der Waals surface area contributed by atoms with Gasteiger partial charge >= 0.3 is 5.97 Å². The van der Waals surface area contributed by atoms with Crippen LogP contribution in [0.2, 0.25) is 0 Å². The zero-order chi connectivity index (χ0) is 16.1. The van der Waals surface area contributed by atoms with E-state index in [1.165, 1.54) is 18.9 Å². The number of ether oxygens (including phenoxy) is 1. The summed E-state index contributed by atoms with van der Waals surface area (Å²) in [6, 6.07) is 7.80. The molecule has 0 radical (unpaired) electrons. The molecule has 7 heteroatoms. The van der Waals surface area contributed by atoms with Crippen LogP contribution < -0.4 is 5.32 Å². The van der Waals surface area contributed by atoms with Crippen LogP contribution in [0.4, 0.5) is 0 Å². The van der Waals surface area contributed by atoms with Gasteiger partial charge in [0, 0.05) is 0 Å². The summed E-state index contributed by atoms with van der Waals surface area (Å²) in [5.74, 6) is -0.624. The average molecular weight is 322 g/mol. The quantitative estimate of drug-likeness (QED) is 0.814. The highest BCUT2D eigenvalue weighted by molar-refractivity contribution is 8.00. The molecule has 1 aliphatic rings. The number of hydrogen-bond acceptors (Lipinski definition) is 5. The molecule has 1 N–H and O–H groups in total. The van der Waals surface area contributed by atoms with Crippen molar-refractivity contribution in [2.24, 2.45) is 0 Å². The highest BCUT2D eigenvalue weighted by Crippen LogP contribution is 2.39. The number of rotatable bonds is 5. The molecule has 1 aromatic rings. The Morgan fingerprint density at radius 1 is 1.41 bits per heavy atom. The average Bonchev–Trinajstić information content (AvgIpc) is 2.86. The highest BCUT2D eigenvalue weighted by atomic mass is 32.2. The summed E-state index contributed by atoms with van der Waals surface area (Å²) in [6.45, 7) is 1.72. The van der Waals surface area contributed by atoms with Gasteiger partial charge < -0.3 is 15.0 Å². The van der Waals surface area contributed by atoms with Crippen LogP contribution in [0.25, 0.3) is 0 Å². The van der Waals surface area contributed by atoms with E-state index in [0.717, 1.165) is 11.1 Å². The van der Waals surface area contributed by atoms with Crippen molar-refractivity contribution in [3.8, 4) is 0 Å². The first-order valence-electron chi connectivity index (χ1n) is 6.83. The normalized spacial score (nSPS) is 17.5. The topological polar surface area (TPSA) is 75.7 Å². The van der Waals surface area contributed by atoms with E-state index in [1.54, 1.807) is 4.90 Å². The lowest BCUT2D eigenvalue weighted by atomic mass is 10.1. The van der Waals surface area contributed by atoms with Crippen LogP contribution in [0, 0.1) is 6.92 Å². The smallest absolute Gasteiger partial charge is 0.325 e. The molecule has 1 fully saturated rings. The number of hydrogen-bond donors (Lipinski definition) is 1. The minimum atomic E-state index is -0.522. The van der Waals surface area contributed by atoms with Gasteiger partial charge in [0.2, 0.25) is 11.8 Å². The Labute approximate surface area is 133 Å². The molecule has 1 aliphatic heterocycles. The zero-order valence-electron chi connectivity index (χ0n) is 12.5. The van der Waals surface area contributed by atoms with Gasteiger partial charge in [-0.2, -0.15) is 0 Å². The summed E-state index contributed by atoms with van der Waals surface area (Å²) < 4.78 is 4.46. The Morgan fingerprint density at radius 2 is 2.14 bits per heavy atom. The number of esters is 1. The number of thioether (sulfide) groups is 1. The highest BCUT2D eigenvalue weighted by Gasteiger charge is 2.34. The van der Waals surface area contributed by atoms with E-state index in [0.29, 0.717) is 5.75 Å². The maximum Gasteiger partial charge on any atom is 0.325 e. The van der Waals surface area contributed by atoms with E-state index < -0.39 is 5.97 Å². The van der Waals surface area contributed by atoms with Crippen molar-refractivity contribution < 1.29 is 19.1 Å². The largest absolute Gasteiger partial charge is 0.468 e. The fourth-order valence-electron chi connectivity index (χ4n) is 2.20. The lowest BCUT2D eigenvalue weighted by Crippen LogP contribution is -2.41. The summed E-state index contributed by atoms with van der Waals surface area (Å²) in [7, 11) is 1.25. The second-order valence-corrected chi connectivity index (χ2v) is 5.96. The third kappa shape index (κ3) is 3.79. The van der Waals surface area contributed by atoms with Gasteiger partial charge in [0.1, 0.15) is 18.5 Å². The molecule has 6 nitrogen and oxygen atoms in total. The lowest BCUT2D eigenvalue weighted by molar-refractivity contribution is -0.141. The molecule has 2 amide bonds.